The van der Waals surface area contributed by atoms with Gasteiger partial charge < -0.3 is 5.01 Å². The van der Waals surface area contributed by atoms with Crippen molar-refractivity contribution in [3.05, 3.63) is 11.9 Å². The second-order valence-corrected chi connectivity index (χ2v) is 3.59. The molecule has 0 atom stereocenters. The Balaban J connectivity index is 2.07. The maximum Gasteiger partial charge on any atom is 0.187 e. The summed E-state index contributed by atoms with van der Waals surface area (Å²) in [6.45, 7) is 1.86. The maximum atomic E-state index is 11.6. The Labute approximate surface area is 83.7 Å². The molecule has 4 heteroatoms. The lowest BCUT2D eigenvalue weighted by atomic mass is 10.2. The lowest BCUT2D eigenvalue weighted by Gasteiger charge is -2.25. The average molecular weight is 193 g/mol. The molecule has 0 amide bonds. The van der Waals surface area contributed by atoms with Crippen LogP contribution in [0.25, 0.3) is 0 Å². The second-order valence-electron chi connectivity index (χ2n) is 3.59. The third kappa shape index (κ3) is 2.01. The van der Waals surface area contributed by atoms with E-state index in [9.17, 15) is 4.79 Å². The Morgan fingerprint density at radius 3 is 3.14 bits per heavy atom. The van der Waals surface area contributed by atoms with Crippen molar-refractivity contribution in [1.29, 1.82) is 0 Å². The standard InChI is InChI=1S/C10H15N3O/c14-10-4-6-11-8-9(10)13-7-3-1-2-5-12-13/h6,8,12H,1-5,7H2. The molecule has 0 radical (unpaired) electrons. The van der Waals surface area contributed by atoms with E-state index in [1.165, 1.54) is 12.8 Å². The van der Waals surface area contributed by atoms with Gasteiger partial charge in [-0.15, -0.1) is 0 Å². The number of Topliss-reactive ketones (excluding diaryl/α,β-unsaturated/α-hetero) is 1. The number of carbonyl (C=O) groups excluding carboxylic acids is 1. The van der Waals surface area contributed by atoms with Crippen LogP contribution in [0.3, 0.4) is 0 Å². The molecule has 0 aliphatic carbocycles. The van der Waals surface area contributed by atoms with E-state index in [1.54, 1.807) is 12.4 Å². The molecule has 1 saturated heterocycles. The fourth-order valence-corrected chi connectivity index (χ4v) is 1.73. The highest BCUT2D eigenvalue weighted by atomic mass is 16.1. The smallest absolute Gasteiger partial charge is 0.187 e. The van der Waals surface area contributed by atoms with Gasteiger partial charge in [0.2, 0.25) is 0 Å². The van der Waals surface area contributed by atoms with Crippen LogP contribution < -0.4 is 5.43 Å². The summed E-state index contributed by atoms with van der Waals surface area (Å²) >= 11 is 0. The van der Waals surface area contributed by atoms with Crippen LogP contribution in [0.4, 0.5) is 0 Å². The van der Waals surface area contributed by atoms with Crippen molar-refractivity contribution in [1.82, 2.24) is 10.4 Å². The Morgan fingerprint density at radius 1 is 1.36 bits per heavy atom. The van der Waals surface area contributed by atoms with Crippen LogP contribution in [0.1, 0.15) is 25.7 Å². The monoisotopic (exact) mass is 193 g/mol. The molecule has 14 heavy (non-hydrogen) atoms. The Kier molecular flexibility index (Phi) is 2.93. The van der Waals surface area contributed by atoms with Crippen LogP contribution in [0.2, 0.25) is 0 Å². The van der Waals surface area contributed by atoms with Gasteiger partial charge in [0.25, 0.3) is 0 Å². The molecule has 2 rings (SSSR count). The van der Waals surface area contributed by atoms with Crippen molar-refractivity contribution in [2.24, 2.45) is 4.99 Å². The van der Waals surface area contributed by atoms with Gasteiger partial charge in [-0.2, -0.15) is 0 Å². The summed E-state index contributed by atoms with van der Waals surface area (Å²) in [7, 11) is 0. The molecule has 0 spiro atoms. The second kappa shape index (κ2) is 4.37. The van der Waals surface area contributed by atoms with Crippen molar-refractivity contribution in [2.75, 3.05) is 13.1 Å². The van der Waals surface area contributed by atoms with Crippen molar-refractivity contribution < 1.29 is 4.79 Å². The predicted molar refractivity (Wildman–Crippen MR) is 54.8 cm³/mol. The predicted octanol–water partition coefficient (Wildman–Crippen LogP) is 0.862. The lowest BCUT2D eigenvalue weighted by Crippen LogP contribution is -2.40. The minimum Gasteiger partial charge on any atom is -0.304 e. The van der Waals surface area contributed by atoms with Gasteiger partial charge >= 0.3 is 0 Å². The maximum absolute atomic E-state index is 11.6. The van der Waals surface area contributed by atoms with Gasteiger partial charge in [-0.25, -0.2) is 5.43 Å². The number of allylic oxidation sites excluding steroid dienone is 1. The number of rotatable bonds is 1. The number of aliphatic imine (C=N–C) groups is 1. The molecule has 0 aromatic rings. The van der Waals surface area contributed by atoms with Gasteiger partial charge in [0, 0.05) is 25.7 Å². The van der Waals surface area contributed by atoms with E-state index in [0.717, 1.165) is 25.2 Å². The zero-order chi connectivity index (χ0) is 9.80. The first kappa shape index (κ1) is 9.40. The normalized spacial score (nSPS) is 23.3. The SMILES string of the molecule is O=C1CC=NC=C1N1CCCCCN1. The molecule has 76 valence electrons. The minimum absolute atomic E-state index is 0.161. The molecule has 0 saturated carbocycles. The van der Waals surface area contributed by atoms with E-state index >= 15 is 0 Å². The Morgan fingerprint density at radius 2 is 2.29 bits per heavy atom. The summed E-state index contributed by atoms with van der Waals surface area (Å²) in [5, 5.41) is 1.95. The summed E-state index contributed by atoms with van der Waals surface area (Å²) in [5.41, 5.74) is 3.97. The van der Waals surface area contributed by atoms with Gasteiger partial charge in [0.15, 0.2) is 5.78 Å². The molecule has 2 aliphatic rings. The summed E-state index contributed by atoms with van der Waals surface area (Å²) in [5.74, 6) is 0.161. The zero-order valence-electron chi connectivity index (χ0n) is 8.20. The number of hydrazine groups is 1. The van der Waals surface area contributed by atoms with Crippen molar-refractivity contribution in [3.8, 4) is 0 Å². The first-order chi connectivity index (χ1) is 6.88. The largest absolute Gasteiger partial charge is 0.304 e. The zero-order valence-corrected chi connectivity index (χ0v) is 8.20. The van der Waals surface area contributed by atoms with Crippen molar-refractivity contribution in [3.63, 3.8) is 0 Å². The van der Waals surface area contributed by atoms with Gasteiger partial charge in [-0.05, 0) is 12.8 Å². The van der Waals surface area contributed by atoms with E-state index in [4.69, 9.17) is 0 Å². The highest BCUT2D eigenvalue weighted by Gasteiger charge is 2.19. The highest BCUT2D eigenvalue weighted by molar-refractivity contribution is 6.04. The Hall–Kier alpha value is -1.16. The third-order valence-corrected chi connectivity index (χ3v) is 2.52. The summed E-state index contributed by atoms with van der Waals surface area (Å²) in [6, 6.07) is 0. The minimum atomic E-state index is 0.161. The topological polar surface area (TPSA) is 44.7 Å². The fraction of sp³-hybridized carbons (Fsp3) is 0.600. The molecular formula is C10H15N3O. The molecule has 1 fully saturated rings. The van der Waals surface area contributed by atoms with Crippen LogP contribution in [0.15, 0.2) is 16.9 Å². The summed E-state index contributed by atoms with van der Waals surface area (Å²) < 4.78 is 0. The molecule has 2 heterocycles. The van der Waals surface area contributed by atoms with Crippen LogP contribution in [-0.4, -0.2) is 30.1 Å². The van der Waals surface area contributed by atoms with E-state index in [1.807, 2.05) is 5.01 Å². The van der Waals surface area contributed by atoms with Gasteiger partial charge in [-0.1, -0.05) is 6.42 Å². The highest BCUT2D eigenvalue weighted by Crippen LogP contribution is 2.12. The molecule has 0 bridgehead atoms. The molecule has 0 unspecified atom stereocenters. The van der Waals surface area contributed by atoms with E-state index < -0.39 is 0 Å². The van der Waals surface area contributed by atoms with Crippen LogP contribution in [-0.2, 0) is 4.79 Å². The van der Waals surface area contributed by atoms with Gasteiger partial charge in [0.05, 0.1) is 6.20 Å². The number of nitrogens with one attached hydrogen (secondary N) is 1. The number of ketones is 1. The molecular weight excluding hydrogens is 178 g/mol. The van der Waals surface area contributed by atoms with Crippen LogP contribution in [0.5, 0.6) is 0 Å². The average Bonchev–Trinajstić information content (AvgIpc) is 2.47. The first-order valence-electron chi connectivity index (χ1n) is 5.14. The molecule has 0 aromatic heterocycles. The number of nitrogens with zero attached hydrogens (tertiary/aromatic N) is 2. The van der Waals surface area contributed by atoms with Crippen molar-refractivity contribution in [2.45, 2.75) is 25.7 Å². The van der Waals surface area contributed by atoms with Gasteiger partial charge in [0.1, 0.15) is 5.70 Å². The van der Waals surface area contributed by atoms with Gasteiger partial charge in [-0.3, -0.25) is 9.79 Å². The molecule has 4 nitrogen and oxygen atoms in total. The van der Waals surface area contributed by atoms with Crippen LogP contribution in [0, 0.1) is 0 Å². The Bertz CT molecular complexity index is 275. The van der Waals surface area contributed by atoms with E-state index in [0.29, 0.717) is 6.42 Å². The quantitative estimate of drug-likeness (QED) is 0.672. The van der Waals surface area contributed by atoms with E-state index in [2.05, 4.69) is 10.4 Å². The lowest BCUT2D eigenvalue weighted by molar-refractivity contribution is -0.116. The van der Waals surface area contributed by atoms with E-state index in [-0.39, 0.29) is 5.78 Å². The molecule has 2 aliphatic heterocycles. The first-order valence-corrected chi connectivity index (χ1v) is 5.14. The summed E-state index contributed by atoms with van der Waals surface area (Å²) in [6.07, 6.45) is 7.30. The molecule has 1 N–H and O–H groups in total. The van der Waals surface area contributed by atoms with Crippen LogP contribution >= 0.6 is 0 Å². The summed E-state index contributed by atoms with van der Waals surface area (Å²) in [4.78, 5) is 15.6. The number of hydrogen-bond donors (Lipinski definition) is 1. The number of hydrogen-bond acceptors (Lipinski definition) is 4. The third-order valence-electron chi connectivity index (χ3n) is 2.52. The fourth-order valence-electron chi connectivity index (χ4n) is 1.73. The molecule has 0 aromatic carbocycles. The van der Waals surface area contributed by atoms with Crippen molar-refractivity contribution >= 4 is 12.0 Å². The number of carbonyl (C=O) groups is 1.